The third-order valence-electron chi connectivity index (χ3n) is 10.0. The number of primary amides is 1. The van der Waals surface area contributed by atoms with Crippen molar-refractivity contribution in [3.8, 4) is 0 Å². The van der Waals surface area contributed by atoms with Gasteiger partial charge in [-0.15, -0.1) is 0 Å². The van der Waals surface area contributed by atoms with Crippen molar-refractivity contribution in [2.75, 3.05) is 19.6 Å². The van der Waals surface area contributed by atoms with E-state index in [9.17, 15) is 37.5 Å². The van der Waals surface area contributed by atoms with Crippen LogP contribution in [0.5, 0.6) is 0 Å². The minimum atomic E-state index is -4.37. The Morgan fingerprint density at radius 3 is 2.22 bits per heavy atom. The Morgan fingerprint density at radius 2 is 1.59 bits per heavy atom. The molecule has 2 aliphatic rings. The molecule has 0 spiro atoms. The second kappa shape index (κ2) is 18.5. The van der Waals surface area contributed by atoms with Crippen LogP contribution in [0.25, 0.3) is 0 Å². The van der Waals surface area contributed by atoms with Crippen LogP contribution < -0.4 is 27.4 Å². The SMILES string of the molecule is Cc1ccc(S(=O)(=O)C2=C(C(=O)N[C@@H](CCCCNC(=O)OC(C)(C)C)C(O)C(=O)NCc3ccc(C(N)=O)cc3)N3C(=O)C(N)(Cc4ccccc4)CCN3C2)cc1. The van der Waals surface area contributed by atoms with Gasteiger partial charge in [0.05, 0.1) is 22.4 Å². The zero-order valence-electron chi connectivity index (χ0n) is 33.7. The van der Waals surface area contributed by atoms with Gasteiger partial charge in [0.15, 0.2) is 6.10 Å². The number of aliphatic hydroxyl groups is 1. The summed E-state index contributed by atoms with van der Waals surface area (Å²) in [6, 6.07) is 20.1. The number of fused-ring (bicyclic) bond motifs is 1. The van der Waals surface area contributed by atoms with Gasteiger partial charge in [0, 0.05) is 25.2 Å². The summed E-state index contributed by atoms with van der Waals surface area (Å²) in [5.41, 5.74) is 11.9. The van der Waals surface area contributed by atoms with Gasteiger partial charge in [-0.05, 0) is 95.2 Å². The van der Waals surface area contributed by atoms with Gasteiger partial charge in [0.2, 0.25) is 15.7 Å². The maximum Gasteiger partial charge on any atom is 0.407 e. The van der Waals surface area contributed by atoms with Gasteiger partial charge in [0.1, 0.15) is 16.8 Å². The number of hydrogen-bond acceptors (Lipinski definition) is 11. The van der Waals surface area contributed by atoms with E-state index in [0.29, 0.717) is 12.0 Å². The summed E-state index contributed by atoms with van der Waals surface area (Å²) in [5, 5.41) is 21.9. The molecule has 2 unspecified atom stereocenters. The van der Waals surface area contributed by atoms with Gasteiger partial charge in [-0.25, -0.2) is 23.2 Å². The average molecular weight is 832 g/mol. The van der Waals surface area contributed by atoms with Crippen LogP contribution in [-0.2, 0) is 41.9 Å². The Morgan fingerprint density at radius 1 is 0.932 bits per heavy atom. The number of aryl methyl sites for hydroxylation is 1. The van der Waals surface area contributed by atoms with Gasteiger partial charge >= 0.3 is 6.09 Å². The number of aliphatic hydroxyl groups excluding tert-OH is 1. The molecule has 1 fully saturated rings. The number of alkyl carbamates (subject to hydrolysis) is 1. The van der Waals surface area contributed by atoms with Crippen molar-refractivity contribution in [2.24, 2.45) is 11.5 Å². The summed E-state index contributed by atoms with van der Waals surface area (Å²) in [4.78, 5) is 65.8. The van der Waals surface area contributed by atoms with Gasteiger partial charge in [-0.2, -0.15) is 0 Å². The van der Waals surface area contributed by atoms with Gasteiger partial charge in [-0.1, -0.05) is 60.2 Å². The summed E-state index contributed by atoms with van der Waals surface area (Å²) in [6.07, 6.45) is -1.53. The number of unbranched alkanes of at least 4 members (excludes halogenated alkanes) is 1. The van der Waals surface area contributed by atoms with Crippen molar-refractivity contribution in [1.29, 1.82) is 0 Å². The standard InChI is InChI=1S/C42H53N7O9S/c1-27-13-19-31(20-14-27)59(56,57)33-26-48-23-21-42(44,24-28-10-6-5-7-11-28)39(54)49(48)34(33)37(52)47-32(12-8-9-22-45-40(55)58-41(2,3)4)35(50)38(53)46-25-29-15-17-30(18-16-29)36(43)51/h5-7,10-11,13-20,32,35,50H,8-9,12,21-26,44H2,1-4H3,(H2,43,51)(H,45,55)(H,46,53)(H,47,52)/t32-,35?,42?/m0/s1. The predicted octanol–water partition coefficient (Wildman–Crippen LogP) is 2.34. The fraction of sp³-hybridized carbons (Fsp3) is 0.405. The zero-order chi connectivity index (χ0) is 43.1. The summed E-state index contributed by atoms with van der Waals surface area (Å²) in [5.74, 6) is -3.17. The van der Waals surface area contributed by atoms with Crippen LogP contribution in [-0.4, -0.2) is 96.2 Å². The number of carbonyl (C=O) groups excluding carboxylic acids is 5. The molecule has 1 saturated heterocycles. The monoisotopic (exact) mass is 831 g/mol. The molecule has 3 aromatic carbocycles. The molecule has 8 N–H and O–H groups in total. The highest BCUT2D eigenvalue weighted by molar-refractivity contribution is 7.95. The van der Waals surface area contributed by atoms with Crippen LogP contribution >= 0.6 is 0 Å². The lowest BCUT2D eigenvalue weighted by molar-refractivity contribution is -0.157. The number of carbonyl (C=O) groups is 5. The second-order valence-electron chi connectivity index (χ2n) is 15.9. The number of hydrogen-bond donors (Lipinski definition) is 6. The van der Waals surface area contributed by atoms with Crippen LogP contribution in [0, 0.1) is 6.92 Å². The third-order valence-corrected chi connectivity index (χ3v) is 11.9. The van der Waals surface area contributed by atoms with Crippen molar-refractivity contribution in [3.05, 3.63) is 112 Å². The highest BCUT2D eigenvalue weighted by atomic mass is 32.2. The molecule has 5 rings (SSSR count). The third kappa shape index (κ3) is 11.1. The molecule has 0 radical (unpaired) electrons. The number of ether oxygens (including phenoxy) is 1. The fourth-order valence-corrected chi connectivity index (χ4v) is 8.38. The number of amides is 5. The van der Waals surface area contributed by atoms with Crippen molar-refractivity contribution >= 4 is 39.6 Å². The molecule has 2 heterocycles. The first-order valence-electron chi connectivity index (χ1n) is 19.4. The van der Waals surface area contributed by atoms with E-state index in [1.165, 1.54) is 29.3 Å². The topological polar surface area (TPSA) is 244 Å². The predicted molar refractivity (Wildman–Crippen MR) is 218 cm³/mol. The first kappa shape index (κ1) is 44.5. The van der Waals surface area contributed by atoms with Crippen LogP contribution in [0.3, 0.4) is 0 Å². The van der Waals surface area contributed by atoms with E-state index >= 15 is 0 Å². The number of rotatable bonds is 16. The van der Waals surface area contributed by atoms with Crippen molar-refractivity contribution in [3.63, 3.8) is 0 Å². The van der Waals surface area contributed by atoms with Gasteiger partial charge < -0.3 is 37.3 Å². The molecular formula is C42H53N7O9S. The largest absolute Gasteiger partial charge is 0.444 e. The van der Waals surface area contributed by atoms with E-state index in [0.717, 1.165) is 16.1 Å². The molecular weight excluding hydrogens is 779 g/mol. The minimum absolute atomic E-state index is 0.00343. The average Bonchev–Trinajstić information content (AvgIpc) is 3.59. The molecule has 3 aromatic rings. The summed E-state index contributed by atoms with van der Waals surface area (Å²) < 4.78 is 34.0. The van der Waals surface area contributed by atoms with E-state index in [2.05, 4.69) is 16.0 Å². The van der Waals surface area contributed by atoms with E-state index in [1.54, 1.807) is 52.0 Å². The summed E-state index contributed by atoms with van der Waals surface area (Å²) >= 11 is 0. The molecule has 5 amide bonds. The molecule has 0 bridgehead atoms. The molecule has 316 valence electrons. The number of nitrogens with two attached hydrogens (primary N) is 2. The van der Waals surface area contributed by atoms with Crippen molar-refractivity contribution < 1.29 is 42.2 Å². The van der Waals surface area contributed by atoms with E-state index < -0.39 is 68.5 Å². The minimum Gasteiger partial charge on any atom is -0.444 e. The molecule has 0 aromatic heterocycles. The normalized spacial score (nSPS) is 18.1. The highest BCUT2D eigenvalue weighted by Gasteiger charge is 2.52. The summed E-state index contributed by atoms with van der Waals surface area (Å²) in [7, 11) is -4.37. The Bertz CT molecular complexity index is 2170. The molecule has 17 heteroatoms. The van der Waals surface area contributed by atoms with Gasteiger partial charge in [0.25, 0.3) is 17.7 Å². The lowest BCUT2D eigenvalue weighted by Crippen LogP contribution is -2.65. The number of nitrogens with zero attached hydrogens (tertiary/aromatic N) is 2. The quantitative estimate of drug-likeness (QED) is 0.115. The number of hydrazine groups is 1. The first-order chi connectivity index (χ1) is 27.8. The van der Waals surface area contributed by atoms with E-state index in [-0.39, 0.29) is 67.2 Å². The van der Waals surface area contributed by atoms with Crippen LogP contribution in [0.2, 0.25) is 0 Å². The number of sulfone groups is 1. The Labute approximate surface area is 344 Å². The molecule has 3 atom stereocenters. The maximum absolute atomic E-state index is 14.6. The van der Waals surface area contributed by atoms with Crippen LogP contribution in [0.15, 0.2) is 94.4 Å². The lowest BCUT2D eigenvalue weighted by Gasteiger charge is -2.43. The number of nitrogens with one attached hydrogen (secondary N) is 3. The van der Waals surface area contributed by atoms with Crippen molar-refractivity contribution in [2.45, 2.75) is 94.5 Å². The van der Waals surface area contributed by atoms with E-state index in [4.69, 9.17) is 16.2 Å². The maximum atomic E-state index is 14.6. The summed E-state index contributed by atoms with van der Waals surface area (Å²) in [6.45, 7) is 6.98. The lowest BCUT2D eigenvalue weighted by atomic mass is 9.86. The smallest absolute Gasteiger partial charge is 0.407 e. The molecule has 0 aliphatic carbocycles. The van der Waals surface area contributed by atoms with E-state index in [1.807, 2.05) is 30.3 Å². The fourth-order valence-electron chi connectivity index (χ4n) is 6.85. The Hall–Kier alpha value is -5.62. The van der Waals surface area contributed by atoms with Gasteiger partial charge in [-0.3, -0.25) is 19.2 Å². The molecule has 59 heavy (non-hydrogen) atoms. The Balaban J connectivity index is 1.44. The van der Waals surface area contributed by atoms with Crippen LogP contribution in [0.1, 0.15) is 73.5 Å². The highest BCUT2D eigenvalue weighted by Crippen LogP contribution is 2.37. The second-order valence-corrected chi connectivity index (χ2v) is 17.9. The van der Waals surface area contributed by atoms with Crippen molar-refractivity contribution in [1.82, 2.24) is 26.0 Å². The first-order valence-corrected chi connectivity index (χ1v) is 20.9. The van der Waals surface area contributed by atoms with Crippen LogP contribution in [0.4, 0.5) is 4.79 Å². The zero-order valence-corrected chi connectivity index (χ0v) is 34.5. The molecule has 0 saturated carbocycles. The molecule has 16 nitrogen and oxygen atoms in total. The number of benzene rings is 3. The molecule has 2 aliphatic heterocycles. The Kier molecular flexibility index (Phi) is 14.0.